The largest absolute Gasteiger partial charge is 0.497 e. The summed E-state index contributed by atoms with van der Waals surface area (Å²) in [5, 5.41) is 0. The van der Waals surface area contributed by atoms with Crippen molar-refractivity contribution in [1.82, 2.24) is 9.55 Å². The Balaban J connectivity index is 1.41. The van der Waals surface area contributed by atoms with Crippen LogP contribution in [-0.2, 0) is 19.1 Å². The number of rotatable bonds is 7. The Hall–Kier alpha value is -3.68. The molecule has 0 bridgehead atoms. The molecular formula is C25H24F3N3O2. The summed E-state index contributed by atoms with van der Waals surface area (Å²) in [7, 11) is 1.63. The first-order valence-electron chi connectivity index (χ1n) is 10.5. The van der Waals surface area contributed by atoms with Crippen molar-refractivity contribution < 1.29 is 22.6 Å². The quantitative estimate of drug-likeness (QED) is 0.346. The Morgan fingerprint density at radius 1 is 1.00 bits per heavy atom. The maximum absolute atomic E-state index is 13.2. The smallest absolute Gasteiger partial charge is 0.418 e. The van der Waals surface area contributed by atoms with Crippen LogP contribution in [0.25, 0.3) is 11.0 Å². The molecule has 0 fully saturated rings. The third-order valence-corrected chi connectivity index (χ3v) is 5.56. The van der Waals surface area contributed by atoms with Crippen molar-refractivity contribution in [2.75, 3.05) is 12.8 Å². The van der Waals surface area contributed by atoms with Gasteiger partial charge in [0.1, 0.15) is 17.6 Å². The number of ether oxygens (including phenoxy) is 2. The maximum Gasteiger partial charge on any atom is 0.418 e. The number of aryl methyl sites for hydroxylation is 2. The van der Waals surface area contributed by atoms with Crippen molar-refractivity contribution in [3.8, 4) is 11.5 Å². The van der Waals surface area contributed by atoms with Crippen molar-refractivity contribution in [2.45, 2.75) is 32.2 Å². The van der Waals surface area contributed by atoms with E-state index < -0.39 is 11.7 Å². The van der Waals surface area contributed by atoms with Gasteiger partial charge in [0.25, 0.3) is 0 Å². The molecule has 4 aromatic rings. The minimum atomic E-state index is -4.51. The molecule has 2 N–H and O–H groups in total. The molecule has 33 heavy (non-hydrogen) atoms. The predicted octanol–water partition coefficient (Wildman–Crippen LogP) is 6.03. The Labute approximate surface area is 189 Å². The average molecular weight is 455 g/mol. The number of benzene rings is 3. The SMILES string of the molecule is COc1ccc(C(C)Oc2ccc(CCn3cnc4cc(N)c(C(F)(F)F)cc43)cc2)cc1. The van der Waals surface area contributed by atoms with Gasteiger partial charge in [-0.2, -0.15) is 13.2 Å². The van der Waals surface area contributed by atoms with Gasteiger partial charge in [0.15, 0.2) is 0 Å². The van der Waals surface area contributed by atoms with Crippen molar-refractivity contribution in [2.24, 2.45) is 0 Å². The number of halogens is 3. The lowest BCUT2D eigenvalue weighted by molar-refractivity contribution is -0.136. The number of methoxy groups -OCH3 is 1. The molecule has 0 aliphatic carbocycles. The first-order chi connectivity index (χ1) is 15.7. The van der Waals surface area contributed by atoms with E-state index in [1.165, 1.54) is 12.4 Å². The van der Waals surface area contributed by atoms with Gasteiger partial charge >= 0.3 is 6.18 Å². The highest BCUT2D eigenvalue weighted by molar-refractivity contribution is 5.81. The summed E-state index contributed by atoms with van der Waals surface area (Å²) in [5.41, 5.74) is 7.31. The van der Waals surface area contributed by atoms with Gasteiger partial charge in [-0.3, -0.25) is 0 Å². The van der Waals surface area contributed by atoms with E-state index in [0.717, 1.165) is 28.7 Å². The second-order valence-corrected chi connectivity index (χ2v) is 7.79. The molecule has 4 rings (SSSR count). The molecule has 1 unspecified atom stereocenters. The number of alkyl halides is 3. The molecule has 0 spiro atoms. The molecule has 1 heterocycles. The molecule has 0 saturated carbocycles. The van der Waals surface area contributed by atoms with Crippen molar-refractivity contribution in [3.05, 3.63) is 83.7 Å². The number of nitrogens with two attached hydrogens (primary N) is 1. The standard InChI is InChI=1S/C25H24F3N3O2/c1-16(18-5-9-19(32-2)10-6-18)33-20-7-3-17(4-8-20)11-12-31-15-30-23-14-22(29)21(13-24(23)31)25(26,27)28/h3-10,13-16H,11-12,29H2,1-2H3. The van der Waals surface area contributed by atoms with Gasteiger partial charge in [-0.05, 0) is 60.9 Å². The van der Waals surface area contributed by atoms with Gasteiger partial charge < -0.3 is 19.8 Å². The Kier molecular flexibility index (Phi) is 6.18. The fourth-order valence-electron chi connectivity index (χ4n) is 3.68. The topological polar surface area (TPSA) is 62.3 Å². The van der Waals surface area contributed by atoms with Gasteiger partial charge in [0, 0.05) is 12.2 Å². The van der Waals surface area contributed by atoms with Crippen LogP contribution in [-0.4, -0.2) is 16.7 Å². The van der Waals surface area contributed by atoms with E-state index in [2.05, 4.69) is 4.98 Å². The molecule has 1 atom stereocenters. The fraction of sp³-hybridized carbons (Fsp3) is 0.240. The summed E-state index contributed by atoms with van der Waals surface area (Å²) in [6.45, 7) is 2.46. The third-order valence-electron chi connectivity index (χ3n) is 5.56. The van der Waals surface area contributed by atoms with Crippen LogP contribution in [0.5, 0.6) is 11.5 Å². The summed E-state index contributed by atoms with van der Waals surface area (Å²) in [4.78, 5) is 4.19. The number of nitrogen functional groups attached to an aromatic ring is 1. The van der Waals surface area contributed by atoms with Crippen LogP contribution >= 0.6 is 0 Å². The van der Waals surface area contributed by atoms with E-state index >= 15 is 0 Å². The van der Waals surface area contributed by atoms with Crippen LogP contribution < -0.4 is 15.2 Å². The molecule has 8 heteroatoms. The Bertz CT molecular complexity index is 1230. The van der Waals surface area contributed by atoms with Gasteiger partial charge in [-0.15, -0.1) is 0 Å². The molecule has 0 saturated heterocycles. The first-order valence-corrected chi connectivity index (χ1v) is 10.5. The van der Waals surface area contributed by atoms with Crippen LogP contribution in [0.3, 0.4) is 0 Å². The molecule has 0 amide bonds. The summed E-state index contributed by atoms with van der Waals surface area (Å²) < 4.78 is 52.5. The molecule has 0 aliphatic rings. The molecular weight excluding hydrogens is 431 g/mol. The maximum atomic E-state index is 13.2. The molecule has 172 valence electrons. The average Bonchev–Trinajstić information content (AvgIpc) is 3.19. The van der Waals surface area contributed by atoms with Crippen LogP contribution in [0.1, 0.15) is 29.7 Å². The molecule has 3 aromatic carbocycles. The molecule has 1 aromatic heterocycles. The zero-order valence-electron chi connectivity index (χ0n) is 18.3. The number of fused-ring (bicyclic) bond motifs is 1. The van der Waals surface area contributed by atoms with Gasteiger partial charge in [-0.1, -0.05) is 24.3 Å². The lowest BCUT2D eigenvalue weighted by Crippen LogP contribution is -2.09. The Morgan fingerprint density at radius 2 is 1.67 bits per heavy atom. The monoisotopic (exact) mass is 455 g/mol. The van der Waals surface area contributed by atoms with Crippen LogP contribution in [0.2, 0.25) is 0 Å². The van der Waals surface area contributed by atoms with Crippen LogP contribution in [0, 0.1) is 0 Å². The third kappa shape index (κ3) is 5.05. The fourth-order valence-corrected chi connectivity index (χ4v) is 3.68. The molecule has 0 radical (unpaired) electrons. The highest BCUT2D eigenvalue weighted by Gasteiger charge is 2.33. The minimum Gasteiger partial charge on any atom is -0.497 e. The van der Waals surface area contributed by atoms with E-state index in [1.54, 1.807) is 11.7 Å². The molecule has 0 aliphatic heterocycles. The first kappa shape index (κ1) is 22.5. The van der Waals surface area contributed by atoms with E-state index in [-0.39, 0.29) is 11.8 Å². The number of aromatic nitrogens is 2. The zero-order valence-corrected chi connectivity index (χ0v) is 18.3. The van der Waals surface area contributed by atoms with Gasteiger partial charge in [-0.25, -0.2) is 4.98 Å². The number of nitrogens with zero attached hydrogens (tertiary/aromatic N) is 2. The zero-order chi connectivity index (χ0) is 23.6. The van der Waals surface area contributed by atoms with E-state index in [9.17, 15) is 13.2 Å². The number of hydrogen-bond donors (Lipinski definition) is 1. The van der Waals surface area contributed by atoms with Crippen molar-refractivity contribution in [1.29, 1.82) is 0 Å². The second-order valence-electron chi connectivity index (χ2n) is 7.79. The molecule has 5 nitrogen and oxygen atoms in total. The summed E-state index contributed by atoms with van der Waals surface area (Å²) in [6, 6.07) is 17.7. The van der Waals surface area contributed by atoms with Gasteiger partial charge in [0.2, 0.25) is 0 Å². The van der Waals surface area contributed by atoms with Crippen molar-refractivity contribution in [3.63, 3.8) is 0 Å². The summed E-state index contributed by atoms with van der Waals surface area (Å²) >= 11 is 0. The second kappa shape index (κ2) is 9.05. The van der Waals surface area contributed by atoms with Crippen LogP contribution in [0.15, 0.2) is 67.0 Å². The normalized spacial score (nSPS) is 12.6. The minimum absolute atomic E-state index is 0.130. The van der Waals surface area contributed by atoms with Crippen LogP contribution in [0.4, 0.5) is 18.9 Å². The number of anilines is 1. The predicted molar refractivity (Wildman–Crippen MR) is 121 cm³/mol. The lowest BCUT2D eigenvalue weighted by atomic mass is 10.1. The van der Waals surface area contributed by atoms with E-state index in [0.29, 0.717) is 24.0 Å². The summed E-state index contributed by atoms with van der Waals surface area (Å²) in [6.07, 6.45) is -2.47. The van der Waals surface area contributed by atoms with Crippen molar-refractivity contribution >= 4 is 16.7 Å². The van der Waals surface area contributed by atoms with E-state index in [1.807, 2.05) is 55.5 Å². The van der Waals surface area contributed by atoms with E-state index in [4.69, 9.17) is 15.2 Å². The Morgan fingerprint density at radius 3 is 2.30 bits per heavy atom. The highest BCUT2D eigenvalue weighted by Crippen LogP contribution is 2.35. The summed E-state index contributed by atoms with van der Waals surface area (Å²) in [5.74, 6) is 1.53. The number of hydrogen-bond acceptors (Lipinski definition) is 4. The highest BCUT2D eigenvalue weighted by atomic mass is 19.4. The lowest BCUT2D eigenvalue weighted by Gasteiger charge is -2.16. The van der Waals surface area contributed by atoms with Gasteiger partial charge in [0.05, 0.1) is 30.0 Å². The number of imidazole rings is 1.